The van der Waals surface area contributed by atoms with Crippen LogP contribution in [0.4, 0.5) is 0 Å². The lowest BCUT2D eigenvalue weighted by molar-refractivity contribution is 1.20. The second-order valence-corrected chi connectivity index (χ2v) is 13.3. The summed E-state index contributed by atoms with van der Waals surface area (Å²) in [4.78, 5) is 21.5. The summed E-state index contributed by atoms with van der Waals surface area (Å²) in [6, 6.07) is 38.0. The van der Waals surface area contributed by atoms with E-state index >= 15 is 0 Å². The summed E-state index contributed by atoms with van der Waals surface area (Å²) in [5.41, 5.74) is 18.4. The van der Waals surface area contributed by atoms with Crippen molar-refractivity contribution in [2.24, 2.45) is 0 Å². The number of para-hydroxylation sites is 2. The van der Waals surface area contributed by atoms with E-state index in [9.17, 15) is 0 Å². The molecule has 0 atom stereocenters. The maximum atomic E-state index is 5.44. The van der Waals surface area contributed by atoms with Crippen molar-refractivity contribution >= 4 is 55.2 Å². The normalized spacial score (nSPS) is 11.7. The summed E-state index contributed by atoms with van der Waals surface area (Å²) < 4.78 is 4.44. The summed E-state index contributed by atoms with van der Waals surface area (Å²) in [6.45, 7) is 12.6. The van der Waals surface area contributed by atoms with Crippen molar-refractivity contribution < 1.29 is 0 Å². The topological polar surface area (TPSA) is 60.4 Å². The zero-order chi connectivity index (χ0) is 35.7. The molecule has 0 saturated carbocycles. The van der Waals surface area contributed by atoms with Crippen LogP contribution >= 0.6 is 0 Å². The zero-order valence-electron chi connectivity index (χ0n) is 30.2. The first kappa shape index (κ1) is 31.6. The van der Waals surface area contributed by atoms with Gasteiger partial charge in [0.25, 0.3) is 0 Å². The van der Waals surface area contributed by atoms with Gasteiger partial charge in [0.15, 0.2) is 0 Å². The van der Waals surface area contributed by atoms with Gasteiger partial charge in [-0.25, -0.2) is 19.9 Å². The van der Waals surface area contributed by atoms with E-state index in [-0.39, 0.29) is 0 Å². The Bertz CT molecular complexity index is 2790. The van der Waals surface area contributed by atoms with Crippen LogP contribution in [0, 0.1) is 27.7 Å². The van der Waals surface area contributed by atoms with Crippen LogP contribution in [0.1, 0.15) is 36.1 Å². The number of nitrogens with zero attached hydrogens (tertiary/aromatic N) is 6. The highest BCUT2D eigenvalue weighted by molar-refractivity contribution is 6.12. The van der Waals surface area contributed by atoms with E-state index < -0.39 is 0 Å². The van der Waals surface area contributed by atoms with Gasteiger partial charge >= 0.3 is 0 Å². The van der Waals surface area contributed by atoms with E-state index in [1.807, 2.05) is 26.0 Å². The van der Waals surface area contributed by atoms with Crippen molar-refractivity contribution in [3.8, 4) is 33.6 Å². The van der Waals surface area contributed by atoms with Crippen molar-refractivity contribution in [3.05, 3.63) is 144 Å². The number of benzene rings is 4. The van der Waals surface area contributed by atoms with E-state index in [2.05, 4.69) is 146 Å². The Kier molecular flexibility index (Phi) is 7.37. The molecule has 0 N–H and O–H groups in total. The molecule has 0 aliphatic carbocycles. The molecular formula is C46H38N6. The van der Waals surface area contributed by atoms with Gasteiger partial charge in [0.2, 0.25) is 0 Å². The summed E-state index contributed by atoms with van der Waals surface area (Å²) in [5, 5.41) is 2.07. The number of hydrogen-bond donors (Lipinski definition) is 0. The fourth-order valence-electron chi connectivity index (χ4n) is 8.00. The quantitative estimate of drug-likeness (QED) is 0.187. The third-order valence-electron chi connectivity index (χ3n) is 10.3. The maximum Gasteiger partial charge on any atom is 0.146 e. The lowest BCUT2D eigenvalue weighted by Crippen LogP contribution is -1.97. The van der Waals surface area contributed by atoms with Crippen LogP contribution in [0.15, 0.2) is 122 Å². The lowest BCUT2D eigenvalue weighted by atomic mass is 9.98. The predicted molar refractivity (Wildman–Crippen MR) is 216 cm³/mol. The van der Waals surface area contributed by atoms with Gasteiger partial charge in [-0.1, -0.05) is 86.6 Å². The first-order chi connectivity index (χ1) is 25.5. The molecular weight excluding hydrogens is 637 g/mol. The second kappa shape index (κ2) is 12.1. The molecule has 252 valence electrons. The Balaban J connectivity index is 0.00000177. The van der Waals surface area contributed by atoms with Crippen LogP contribution in [0.2, 0.25) is 0 Å². The predicted octanol–water partition coefficient (Wildman–Crippen LogP) is 11.6. The van der Waals surface area contributed by atoms with Crippen LogP contribution in [0.25, 0.3) is 88.8 Å². The SMILES string of the molecule is CC.Cc1cccc(C)c1-c1nc2ccccc2c2nc3c(-c4cccn5c4nc4c6ccccc6nc(-c6c(C)cccc6C)c45)cccn3c12. The minimum atomic E-state index is 0.867. The molecule has 0 aliphatic rings. The fourth-order valence-corrected chi connectivity index (χ4v) is 8.00. The van der Waals surface area contributed by atoms with Gasteiger partial charge in [0.05, 0.1) is 33.5 Å². The largest absolute Gasteiger partial charge is 0.297 e. The molecule has 0 spiro atoms. The first-order valence-corrected chi connectivity index (χ1v) is 18.0. The van der Waals surface area contributed by atoms with Crippen molar-refractivity contribution in [2.45, 2.75) is 41.5 Å². The third-order valence-corrected chi connectivity index (χ3v) is 10.3. The molecule has 52 heavy (non-hydrogen) atoms. The lowest BCUT2D eigenvalue weighted by Gasteiger charge is -2.13. The standard InChI is InChI=1S/C44H32N6.C2H6/c1-25-13-9-14-26(2)35(25)39-41-37(31-17-5-7-21-33(31)45-39)47-43-29(19-11-23-49(41)43)30-20-12-24-50-42-38(48-44(30)50)32-18-6-8-22-34(32)46-40(42)36-27(3)15-10-16-28(36)4;1-2/h5-24H,1-4H3;1-2H3. The highest BCUT2D eigenvalue weighted by Gasteiger charge is 2.24. The molecule has 4 aromatic carbocycles. The average Bonchev–Trinajstić information content (AvgIpc) is 3.76. The molecule has 0 unspecified atom stereocenters. The van der Waals surface area contributed by atoms with Crippen LogP contribution in [-0.4, -0.2) is 28.7 Å². The van der Waals surface area contributed by atoms with E-state index in [4.69, 9.17) is 19.9 Å². The van der Waals surface area contributed by atoms with Crippen LogP contribution in [-0.2, 0) is 0 Å². The second-order valence-electron chi connectivity index (χ2n) is 13.3. The molecule has 0 amide bonds. The molecule has 6 heterocycles. The molecule has 10 rings (SSSR count). The highest BCUT2D eigenvalue weighted by atomic mass is 15.0. The molecule has 6 nitrogen and oxygen atoms in total. The number of aromatic nitrogens is 6. The Labute approximate surface area is 302 Å². The van der Waals surface area contributed by atoms with Gasteiger partial charge < -0.3 is 0 Å². The number of hydrogen-bond acceptors (Lipinski definition) is 4. The fraction of sp³-hybridized carbons (Fsp3) is 0.130. The minimum absolute atomic E-state index is 0.867. The molecule has 6 aromatic heterocycles. The highest BCUT2D eigenvalue weighted by Crippen LogP contribution is 2.41. The smallest absolute Gasteiger partial charge is 0.146 e. The first-order valence-electron chi connectivity index (χ1n) is 18.0. The number of rotatable bonds is 3. The maximum absolute atomic E-state index is 5.44. The number of aryl methyl sites for hydroxylation is 4. The Hall–Kier alpha value is -6.40. The van der Waals surface area contributed by atoms with Gasteiger partial charge in [-0.15, -0.1) is 0 Å². The molecule has 0 fully saturated rings. The zero-order valence-corrected chi connectivity index (χ0v) is 30.2. The summed E-state index contributed by atoms with van der Waals surface area (Å²) in [5.74, 6) is 0. The van der Waals surface area contributed by atoms with Crippen molar-refractivity contribution in [2.75, 3.05) is 0 Å². The van der Waals surface area contributed by atoms with Gasteiger partial charge in [0, 0.05) is 45.4 Å². The minimum Gasteiger partial charge on any atom is -0.297 e. The number of fused-ring (bicyclic) bond motifs is 10. The van der Waals surface area contributed by atoms with E-state index in [0.717, 1.165) is 88.8 Å². The Morgan fingerprint density at radius 3 is 1.19 bits per heavy atom. The monoisotopic (exact) mass is 674 g/mol. The summed E-state index contributed by atoms with van der Waals surface area (Å²) >= 11 is 0. The van der Waals surface area contributed by atoms with Gasteiger partial charge in [0.1, 0.15) is 22.3 Å². The van der Waals surface area contributed by atoms with Gasteiger partial charge in [-0.2, -0.15) is 0 Å². The van der Waals surface area contributed by atoms with Crippen molar-refractivity contribution in [1.82, 2.24) is 28.7 Å². The van der Waals surface area contributed by atoms with Crippen LogP contribution in [0.5, 0.6) is 0 Å². The van der Waals surface area contributed by atoms with Crippen molar-refractivity contribution in [3.63, 3.8) is 0 Å². The molecule has 0 aliphatic heterocycles. The number of imidazole rings is 2. The van der Waals surface area contributed by atoms with E-state index in [1.165, 1.54) is 22.3 Å². The Morgan fingerprint density at radius 1 is 0.404 bits per heavy atom. The van der Waals surface area contributed by atoms with Gasteiger partial charge in [-0.3, -0.25) is 8.80 Å². The molecule has 0 saturated heterocycles. The summed E-state index contributed by atoms with van der Waals surface area (Å²) in [7, 11) is 0. The van der Waals surface area contributed by atoms with Crippen LogP contribution < -0.4 is 0 Å². The third kappa shape index (κ3) is 4.57. The van der Waals surface area contributed by atoms with Crippen LogP contribution in [0.3, 0.4) is 0 Å². The summed E-state index contributed by atoms with van der Waals surface area (Å²) in [6.07, 6.45) is 4.22. The molecule has 10 aromatic rings. The molecule has 0 radical (unpaired) electrons. The molecule has 6 heteroatoms. The van der Waals surface area contributed by atoms with E-state index in [0.29, 0.717) is 0 Å². The van der Waals surface area contributed by atoms with Crippen molar-refractivity contribution in [1.29, 1.82) is 0 Å². The average molecular weight is 675 g/mol. The Morgan fingerprint density at radius 2 is 0.788 bits per heavy atom. The molecule has 0 bridgehead atoms. The van der Waals surface area contributed by atoms with Gasteiger partial charge in [-0.05, 0) is 86.3 Å². The number of pyridine rings is 4. The van der Waals surface area contributed by atoms with E-state index in [1.54, 1.807) is 0 Å².